The Balaban J connectivity index is 0.000000573. The zero-order valence-electron chi connectivity index (χ0n) is 17.5. The van der Waals surface area contributed by atoms with Crippen molar-refractivity contribution in [3.63, 3.8) is 0 Å². The van der Waals surface area contributed by atoms with Crippen LogP contribution in [0.5, 0.6) is 0 Å². The second-order valence-electron chi connectivity index (χ2n) is 8.69. The molecule has 0 aliphatic heterocycles. The molecule has 1 aliphatic carbocycles. The first-order valence-corrected chi connectivity index (χ1v) is 11.8. The van der Waals surface area contributed by atoms with Gasteiger partial charge in [-0.05, 0) is 81.3 Å². The Morgan fingerprint density at radius 2 is 1.38 bits per heavy atom. The van der Waals surface area contributed by atoms with E-state index in [1.54, 1.807) is 4.88 Å². The van der Waals surface area contributed by atoms with Gasteiger partial charge < -0.3 is 0 Å². The summed E-state index contributed by atoms with van der Waals surface area (Å²) < 4.78 is 1.44. The summed E-state index contributed by atoms with van der Waals surface area (Å²) in [4.78, 5) is 1.59. The van der Waals surface area contributed by atoms with Crippen molar-refractivity contribution in [2.75, 3.05) is 0 Å². The van der Waals surface area contributed by atoms with E-state index in [-0.39, 0.29) is 0 Å². The van der Waals surface area contributed by atoms with Crippen LogP contribution in [0, 0.1) is 5.92 Å². The van der Waals surface area contributed by atoms with E-state index in [4.69, 9.17) is 0 Å². The molecule has 0 saturated heterocycles. The van der Waals surface area contributed by atoms with E-state index in [1.807, 2.05) is 11.3 Å². The molecule has 0 radical (unpaired) electrons. The van der Waals surface area contributed by atoms with Crippen LogP contribution in [0.2, 0.25) is 0 Å². The van der Waals surface area contributed by atoms with E-state index in [1.165, 1.54) is 61.7 Å². The Labute approximate surface area is 177 Å². The molecule has 1 heterocycles. The first-order valence-electron chi connectivity index (χ1n) is 11.0. The fraction of sp³-hybridized carbons (Fsp3) is 0.286. The Bertz CT molecular complexity index is 1320. The number of rotatable bonds is 1. The Morgan fingerprint density at radius 1 is 0.724 bits per heavy atom. The highest BCUT2D eigenvalue weighted by molar-refractivity contribution is 7.19. The van der Waals surface area contributed by atoms with E-state index in [2.05, 4.69) is 87.5 Å². The third-order valence-corrected chi connectivity index (χ3v) is 7.44. The molecule has 146 valence electrons. The van der Waals surface area contributed by atoms with E-state index in [0.29, 0.717) is 0 Å². The minimum atomic E-state index is 0.793. The van der Waals surface area contributed by atoms with Crippen LogP contribution in [0.15, 0.2) is 66.7 Å². The fourth-order valence-corrected chi connectivity index (χ4v) is 5.91. The van der Waals surface area contributed by atoms with Gasteiger partial charge in [-0.25, -0.2) is 0 Å². The monoisotopic (exact) mass is 396 g/mol. The third kappa shape index (κ3) is 3.22. The molecule has 1 saturated carbocycles. The lowest BCUT2D eigenvalue weighted by Crippen LogP contribution is -2.17. The molecule has 0 spiro atoms. The molecule has 0 unspecified atom stereocenters. The van der Waals surface area contributed by atoms with Gasteiger partial charge >= 0.3 is 0 Å². The van der Waals surface area contributed by atoms with Crippen molar-refractivity contribution in [1.82, 2.24) is 0 Å². The average Bonchev–Trinajstić information content (AvgIpc) is 3.14. The Morgan fingerprint density at radius 3 is 2.10 bits per heavy atom. The van der Waals surface area contributed by atoms with Crippen molar-refractivity contribution in [3.05, 3.63) is 71.6 Å². The van der Waals surface area contributed by atoms with E-state index in [0.717, 1.165) is 11.8 Å². The number of hydrogen-bond donors (Lipinski definition) is 0. The van der Waals surface area contributed by atoms with Crippen molar-refractivity contribution in [1.29, 1.82) is 0 Å². The fourth-order valence-electron chi connectivity index (χ4n) is 4.71. The zero-order valence-corrected chi connectivity index (χ0v) is 18.4. The largest absolute Gasteiger partial charge is 0.140 e. The zero-order chi connectivity index (χ0) is 20.0. The molecule has 4 aromatic carbocycles. The van der Waals surface area contributed by atoms with Crippen LogP contribution in [-0.2, 0) is 0 Å². The second kappa shape index (κ2) is 7.46. The summed E-state index contributed by atoms with van der Waals surface area (Å²) in [7, 11) is 0. The highest BCUT2D eigenvalue weighted by Crippen LogP contribution is 2.46. The molecule has 0 amide bonds. The van der Waals surface area contributed by atoms with Crippen LogP contribution in [0.1, 0.15) is 50.8 Å². The maximum absolute atomic E-state index is 2.48. The van der Waals surface area contributed by atoms with Gasteiger partial charge in [0.05, 0.1) is 0 Å². The van der Waals surface area contributed by atoms with Crippen molar-refractivity contribution in [2.24, 2.45) is 5.92 Å². The summed E-state index contributed by atoms with van der Waals surface area (Å²) in [5.74, 6) is 1.70. The van der Waals surface area contributed by atoms with Crippen LogP contribution in [-0.4, -0.2) is 0 Å². The molecular formula is C28H28S. The lowest BCUT2D eigenvalue weighted by molar-refractivity contribution is 0.292. The number of thiophene rings is 1. The molecular weight excluding hydrogens is 368 g/mol. The van der Waals surface area contributed by atoms with Crippen LogP contribution in [0.4, 0.5) is 0 Å². The normalized spacial score (nSPS) is 18.7. The van der Waals surface area contributed by atoms with Crippen LogP contribution in [0.3, 0.4) is 0 Å². The molecule has 0 bridgehead atoms. The number of fused-ring (bicyclic) bond motifs is 6. The SMILES string of the molecule is CC1CC(c2cc3c(ccc4c5cc6ccccc6cc5ccc34)s2)C1.CCC. The summed E-state index contributed by atoms with van der Waals surface area (Å²) >= 11 is 2.01. The van der Waals surface area contributed by atoms with Crippen LogP contribution < -0.4 is 0 Å². The van der Waals surface area contributed by atoms with Crippen molar-refractivity contribution >= 4 is 53.7 Å². The van der Waals surface area contributed by atoms with E-state index < -0.39 is 0 Å². The quantitative estimate of drug-likeness (QED) is 0.195. The second-order valence-corrected chi connectivity index (χ2v) is 9.80. The number of benzene rings is 4. The first kappa shape index (κ1) is 18.6. The summed E-state index contributed by atoms with van der Waals surface area (Å²) in [6, 6.07) is 25.1. The lowest BCUT2D eigenvalue weighted by atomic mass is 9.75. The molecule has 6 rings (SSSR count). The summed E-state index contributed by atoms with van der Waals surface area (Å²) in [6.45, 7) is 6.62. The van der Waals surface area contributed by atoms with Crippen LogP contribution in [0.25, 0.3) is 42.4 Å². The molecule has 1 aliphatic rings. The molecule has 1 fully saturated rings. The molecule has 1 heteroatoms. The van der Waals surface area contributed by atoms with Crippen molar-refractivity contribution in [2.45, 2.75) is 46.0 Å². The highest BCUT2D eigenvalue weighted by atomic mass is 32.1. The molecule has 5 aromatic rings. The Hall–Kier alpha value is -2.38. The predicted molar refractivity (Wildman–Crippen MR) is 131 cm³/mol. The Kier molecular flexibility index (Phi) is 4.80. The maximum atomic E-state index is 2.48. The van der Waals surface area contributed by atoms with Gasteiger partial charge in [0.2, 0.25) is 0 Å². The van der Waals surface area contributed by atoms with E-state index in [9.17, 15) is 0 Å². The number of hydrogen-bond acceptors (Lipinski definition) is 1. The molecule has 0 atom stereocenters. The van der Waals surface area contributed by atoms with Crippen LogP contribution >= 0.6 is 11.3 Å². The van der Waals surface area contributed by atoms with Gasteiger partial charge in [-0.1, -0.05) is 69.7 Å². The standard InChI is InChI=1S/C25H20S.C3H8/c1-15-10-19(11-15)25-14-23-21-7-6-18-12-16-4-2-3-5-17(16)13-22(18)20(21)8-9-24(23)26-25;1-3-2/h2-9,12-15,19H,10-11H2,1H3;3H2,1-2H3. The predicted octanol–water partition coefficient (Wildman–Crippen LogP) is 9.29. The molecule has 0 N–H and O–H groups in total. The van der Waals surface area contributed by atoms with Gasteiger partial charge in [0.1, 0.15) is 0 Å². The van der Waals surface area contributed by atoms with Gasteiger partial charge in [0.15, 0.2) is 0 Å². The van der Waals surface area contributed by atoms with Gasteiger partial charge in [-0.15, -0.1) is 11.3 Å². The third-order valence-electron chi connectivity index (χ3n) is 6.18. The molecule has 0 nitrogen and oxygen atoms in total. The van der Waals surface area contributed by atoms with Gasteiger partial charge in [-0.3, -0.25) is 0 Å². The summed E-state index contributed by atoms with van der Waals surface area (Å²) in [6.07, 6.45) is 3.97. The highest BCUT2D eigenvalue weighted by Gasteiger charge is 2.28. The van der Waals surface area contributed by atoms with Gasteiger partial charge in [0.25, 0.3) is 0 Å². The maximum Gasteiger partial charge on any atom is 0.0352 e. The van der Waals surface area contributed by atoms with E-state index >= 15 is 0 Å². The van der Waals surface area contributed by atoms with Gasteiger partial charge in [0, 0.05) is 15.0 Å². The summed E-state index contributed by atoms with van der Waals surface area (Å²) in [5.41, 5.74) is 0. The van der Waals surface area contributed by atoms with Crippen molar-refractivity contribution in [3.8, 4) is 0 Å². The summed E-state index contributed by atoms with van der Waals surface area (Å²) in [5, 5.41) is 9.57. The topological polar surface area (TPSA) is 0 Å². The first-order chi connectivity index (χ1) is 14.2. The molecule has 29 heavy (non-hydrogen) atoms. The van der Waals surface area contributed by atoms with Crippen molar-refractivity contribution < 1.29 is 0 Å². The van der Waals surface area contributed by atoms with Gasteiger partial charge in [-0.2, -0.15) is 0 Å². The minimum Gasteiger partial charge on any atom is -0.140 e. The molecule has 1 aromatic heterocycles. The smallest absolute Gasteiger partial charge is 0.0352 e. The lowest BCUT2D eigenvalue weighted by Gasteiger charge is -2.31. The average molecular weight is 397 g/mol. The minimum absolute atomic E-state index is 0.793.